The molecule has 0 unspecified atom stereocenters. The molecular formula is C16H21NO6. The Morgan fingerprint density at radius 3 is 2.52 bits per heavy atom. The molecule has 1 amide bonds. The van der Waals surface area contributed by atoms with E-state index in [4.69, 9.17) is 19.3 Å². The number of methoxy groups -OCH3 is 1. The van der Waals surface area contributed by atoms with E-state index < -0.39 is 5.97 Å². The third-order valence-corrected chi connectivity index (χ3v) is 3.68. The number of carboxylic acid groups (broad SMARTS) is 1. The van der Waals surface area contributed by atoms with Gasteiger partial charge in [-0.2, -0.15) is 0 Å². The minimum atomic E-state index is -1.04. The van der Waals surface area contributed by atoms with E-state index in [0.29, 0.717) is 37.6 Å². The zero-order chi connectivity index (χ0) is 16.7. The molecule has 1 heterocycles. The number of aliphatic carboxylic acids is 1. The van der Waals surface area contributed by atoms with Gasteiger partial charge in [0, 0.05) is 19.3 Å². The van der Waals surface area contributed by atoms with E-state index in [0.717, 1.165) is 0 Å². The smallest absolute Gasteiger partial charge is 0.323 e. The molecule has 1 aliphatic rings. The number of hydrogen-bond acceptors (Lipinski definition) is 5. The standard InChI is InChI=1S/C16H21NO6/c1-21-13-4-2-3-5-14(13)23-11-15(18)17(10-16(19)20)12-6-8-22-9-7-12/h2-5,12H,6-11H2,1H3,(H,19,20). The molecular weight excluding hydrogens is 302 g/mol. The van der Waals surface area contributed by atoms with Crippen molar-refractivity contribution in [3.8, 4) is 11.5 Å². The highest BCUT2D eigenvalue weighted by Crippen LogP contribution is 2.26. The second-order valence-corrected chi connectivity index (χ2v) is 5.20. The van der Waals surface area contributed by atoms with Crippen LogP contribution >= 0.6 is 0 Å². The lowest BCUT2D eigenvalue weighted by atomic mass is 10.1. The Morgan fingerprint density at radius 2 is 1.91 bits per heavy atom. The summed E-state index contributed by atoms with van der Waals surface area (Å²) in [6.45, 7) is 0.493. The van der Waals surface area contributed by atoms with Gasteiger partial charge in [0.25, 0.3) is 5.91 Å². The van der Waals surface area contributed by atoms with Crippen LogP contribution < -0.4 is 9.47 Å². The van der Waals surface area contributed by atoms with Crippen LogP contribution in [0.25, 0.3) is 0 Å². The van der Waals surface area contributed by atoms with Crippen LogP contribution in [0.5, 0.6) is 11.5 Å². The Hall–Kier alpha value is -2.28. The summed E-state index contributed by atoms with van der Waals surface area (Å²) in [5, 5.41) is 9.04. The number of carbonyl (C=O) groups is 2. The van der Waals surface area contributed by atoms with Gasteiger partial charge in [-0.3, -0.25) is 9.59 Å². The predicted octanol–water partition coefficient (Wildman–Crippen LogP) is 1.17. The fourth-order valence-electron chi connectivity index (χ4n) is 2.52. The number of para-hydroxylation sites is 2. The molecule has 0 saturated carbocycles. The molecule has 7 heteroatoms. The molecule has 0 aromatic heterocycles. The fraction of sp³-hybridized carbons (Fsp3) is 0.500. The number of rotatable bonds is 7. The lowest BCUT2D eigenvalue weighted by Gasteiger charge is -2.33. The van der Waals surface area contributed by atoms with Crippen LogP contribution in [0.1, 0.15) is 12.8 Å². The van der Waals surface area contributed by atoms with Gasteiger partial charge in [0.15, 0.2) is 18.1 Å². The van der Waals surface area contributed by atoms with E-state index >= 15 is 0 Å². The minimum absolute atomic E-state index is 0.131. The third-order valence-electron chi connectivity index (χ3n) is 3.68. The predicted molar refractivity (Wildman–Crippen MR) is 81.7 cm³/mol. The van der Waals surface area contributed by atoms with Crippen LogP contribution in [0.3, 0.4) is 0 Å². The summed E-state index contributed by atoms with van der Waals surface area (Å²) in [7, 11) is 1.52. The molecule has 7 nitrogen and oxygen atoms in total. The SMILES string of the molecule is COc1ccccc1OCC(=O)N(CC(=O)O)C1CCOCC1. The molecule has 1 fully saturated rings. The van der Waals surface area contributed by atoms with Crippen LogP contribution in [0.4, 0.5) is 0 Å². The Bertz CT molecular complexity index is 541. The van der Waals surface area contributed by atoms with Crippen molar-refractivity contribution in [2.75, 3.05) is 33.5 Å². The summed E-state index contributed by atoms with van der Waals surface area (Å²) in [6.07, 6.45) is 1.27. The maximum atomic E-state index is 12.4. The van der Waals surface area contributed by atoms with E-state index in [1.165, 1.54) is 12.0 Å². The largest absolute Gasteiger partial charge is 0.493 e. The average molecular weight is 323 g/mol. The molecule has 1 aliphatic heterocycles. The van der Waals surface area contributed by atoms with Crippen LogP contribution in [-0.4, -0.2) is 61.4 Å². The zero-order valence-electron chi connectivity index (χ0n) is 13.1. The van der Waals surface area contributed by atoms with Gasteiger partial charge < -0.3 is 24.2 Å². The second kappa shape index (κ2) is 8.38. The molecule has 1 aromatic rings. The summed E-state index contributed by atoms with van der Waals surface area (Å²) < 4.78 is 15.9. The first kappa shape index (κ1) is 17.1. The molecule has 0 bridgehead atoms. The van der Waals surface area contributed by atoms with Crippen LogP contribution in [0, 0.1) is 0 Å². The van der Waals surface area contributed by atoms with Gasteiger partial charge in [-0.25, -0.2) is 0 Å². The normalized spacial score (nSPS) is 15.0. The number of amides is 1. The highest BCUT2D eigenvalue weighted by molar-refractivity contribution is 5.82. The lowest BCUT2D eigenvalue weighted by molar-refractivity contribution is -0.148. The topological polar surface area (TPSA) is 85.3 Å². The molecule has 0 radical (unpaired) electrons. The van der Waals surface area contributed by atoms with E-state index in [1.54, 1.807) is 24.3 Å². The summed E-state index contributed by atoms with van der Waals surface area (Å²) in [5.41, 5.74) is 0. The fourth-order valence-corrected chi connectivity index (χ4v) is 2.52. The Morgan fingerprint density at radius 1 is 1.26 bits per heavy atom. The number of carboxylic acids is 1. The molecule has 0 spiro atoms. The van der Waals surface area contributed by atoms with Gasteiger partial charge in [-0.05, 0) is 25.0 Å². The maximum Gasteiger partial charge on any atom is 0.323 e. The maximum absolute atomic E-state index is 12.4. The van der Waals surface area contributed by atoms with Gasteiger partial charge in [0.2, 0.25) is 0 Å². The van der Waals surface area contributed by atoms with Crippen LogP contribution in [-0.2, 0) is 14.3 Å². The van der Waals surface area contributed by atoms with Crippen molar-refractivity contribution in [3.63, 3.8) is 0 Å². The van der Waals surface area contributed by atoms with Crippen molar-refractivity contribution in [2.45, 2.75) is 18.9 Å². The van der Waals surface area contributed by atoms with Crippen molar-refractivity contribution in [2.24, 2.45) is 0 Å². The van der Waals surface area contributed by atoms with Crippen molar-refractivity contribution >= 4 is 11.9 Å². The third kappa shape index (κ3) is 4.85. The molecule has 23 heavy (non-hydrogen) atoms. The first-order valence-electron chi connectivity index (χ1n) is 7.46. The van der Waals surface area contributed by atoms with Gasteiger partial charge in [0.05, 0.1) is 7.11 Å². The van der Waals surface area contributed by atoms with E-state index in [-0.39, 0.29) is 25.1 Å². The highest BCUT2D eigenvalue weighted by Gasteiger charge is 2.28. The summed E-state index contributed by atoms with van der Waals surface area (Å²) in [4.78, 5) is 24.8. The lowest BCUT2D eigenvalue weighted by Crippen LogP contribution is -2.47. The molecule has 2 rings (SSSR count). The molecule has 0 atom stereocenters. The van der Waals surface area contributed by atoms with Gasteiger partial charge in [-0.15, -0.1) is 0 Å². The first-order chi connectivity index (χ1) is 11.1. The Labute approximate surface area is 134 Å². The molecule has 0 aliphatic carbocycles. The van der Waals surface area contributed by atoms with E-state index in [1.807, 2.05) is 0 Å². The van der Waals surface area contributed by atoms with Crippen LogP contribution in [0.15, 0.2) is 24.3 Å². The van der Waals surface area contributed by atoms with Gasteiger partial charge in [-0.1, -0.05) is 12.1 Å². The zero-order valence-corrected chi connectivity index (χ0v) is 13.1. The molecule has 1 aromatic carbocycles. The first-order valence-corrected chi connectivity index (χ1v) is 7.46. The highest BCUT2D eigenvalue weighted by atomic mass is 16.5. The summed E-state index contributed by atoms with van der Waals surface area (Å²) in [5.74, 6) is -0.422. The second-order valence-electron chi connectivity index (χ2n) is 5.20. The quantitative estimate of drug-likeness (QED) is 0.810. The number of carbonyl (C=O) groups excluding carboxylic acids is 1. The van der Waals surface area contributed by atoms with Gasteiger partial charge in [0.1, 0.15) is 6.54 Å². The van der Waals surface area contributed by atoms with Gasteiger partial charge >= 0.3 is 5.97 Å². The number of nitrogens with zero attached hydrogens (tertiary/aromatic N) is 1. The molecule has 1 N–H and O–H groups in total. The average Bonchev–Trinajstić information content (AvgIpc) is 2.58. The minimum Gasteiger partial charge on any atom is -0.493 e. The van der Waals surface area contributed by atoms with Crippen molar-refractivity contribution < 1.29 is 28.9 Å². The molecule has 1 saturated heterocycles. The summed E-state index contributed by atoms with van der Waals surface area (Å²) in [6, 6.07) is 6.87. The van der Waals surface area contributed by atoms with Crippen molar-refractivity contribution in [1.29, 1.82) is 0 Å². The van der Waals surface area contributed by atoms with E-state index in [9.17, 15) is 9.59 Å². The summed E-state index contributed by atoms with van der Waals surface area (Å²) >= 11 is 0. The van der Waals surface area contributed by atoms with Crippen molar-refractivity contribution in [1.82, 2.24) is 4.90 Å². The number of benzene rings is 1. The monoisotopic (exact) mass is 323 g/mol. The van der Waals surface area contributed by atoms with E-state index in [2.05, 4.69) is 0 Å². The Kier molecular flexibility index (Phi) is 6.22. The molecule has 126 valence electrons. The van der Waals surface area contributed by atoms with Crippen molar-refractivity contribution in [3.05, 3.63) is 24.3 Å². The number of hydrogen-bond donors (Lipinski definition) is 1. The number of ether oxygens (including phenoxy) is 3. The van der Waals surface area contributed by atoms with Crippen LogP contribution in [0.2, 0.25) is 0 Å². The Balaban J connectivity index is 2.00.